The number of halogens is 3. The van der Waals surface area contributed by atoms with Crippen molar-refractivity contribution in [1.82, 2.24) is 19.8 Å². The lowest BCUT2D eigenvalue weighted by molar-refractivity contribution is -0.122. The number of carbonyl (C=O) groups excluding carboxylic acids is 1. The van der Waals surface area contributed by atoms with Crippen molar-refractivity contribution in [2.45, 2.75) is 26.6 Å². The van der Waals surface area contributed by atoms with Gasteiger partial charge in [0.05, 0.1) is 13.1 Å². The van der Waals surface area contributed by atoms with Crippen molar-refractivity contribution in [3.05, 3.63) is 53.4 Å². The molecule has 0 saturated carbocycles. The lowest BCUT2D eigenvalue weighted by Crippen LogP contribution is -2.35. The number of amides is 1. The molecule has 0 aliphatic rings. The van der Waals surface area contributed by atoms with E-state index in [1.165, 1.54) is 18.5 Å². The van der Waals surface area contributed by atoms with Crippen molar-refractivity contribution in [2.24, 2.45) is 0 Å². The highest BCUT2D eigenvalue weighted by molar-refractivity contribution is 5.77. The molecule has 0 spiro atoms. The first-order chi connectivity index (χ1) is 11.4. The molecule has 24 heavy (non-hydrogen) atoms. The Morgan fingerprint density at radius 1 is 1.42 bits per heavy atom. The van der Waals surface area contributed by atoms with Crippen LogP contribution in [0.5, 0.6) is 0 Å². The van der Waals surface area contributed by atoms with Gasteiger partial charge in [-0.3, -0.25) is 14.3 Å². The summed E-state index contributed by atoms with van der Waals surface area (Å²) in [5.74, 6) is -0.424. The van der Waals surface area contributed by atoms with Crippen molar-refractivity contribution >= 4 is 5.91 Å². The summed E-state index contributed by atoms with van der Waals surface area (Å²) in [5, 5.41) is 2.67. The molecule has 5 nitrogen and oxygen atoms in total. The van der Waals surface area contributed by atoms with Gasteiger partial charge in [0.25, 0.3) is 0 Å². The molecular formula is C16H19F3N4O. The molecule has 130 valence electrons. The topological polar surface area (TPSA) is 50.2 Å². The number of rotatable bonds is 7. The molecule has 2 rings (SSSR count). The van der Waals surface area contributed by atoms with Crippen LogP contribution in [0.15, 0.2) is 30.6 Å². The highest BCUT2D eigenvalue weighted by Gasteiger charge is 2.14. The van der Waals surface area contributed by atoms with Crippen molar-refractivity contribution in [2.75, 3.05) is 13.6 Å². The van der Waals surface area contributed by atoms with Gasteiger partial charge in [0.15, 0.2) is 0 Å². The molecule has 0 saturated heterocycles. The molecule has 0 aliphatic heterocycles. The Labute approximate surface area is 138 Å². The number of imidazole rings is 1. The fourth-order valence-electron chi connectivity index (χ4n) is 2.19. The summed E-state index contributed by atoms with van der Waals surface area (Å²) in [6.07, 6.45) is 2.49. The largest absolute Gasteiger partial charge is 0.351 e. The van der Waals surface area contributed by atoms with Crippen molar-refractivity contribution in [3.8, 4) is 0 Å². The van der Waals surface area contributed by atoms with Crippen molar-refractivity contribution in [1.29, 1.82) is 0 Å². The number of hydrogen-bond acceptors (Lipinski definition) is 3. The van der Waals surface area contributed by atoms with E-state index in [4.69, 9.17) is 0 Å². The van der Waals surface area contributed by atoms with Gasteiger partial charge in [-0.15, -0.1) is 0 Å². The van der Waals surface area contributed by atoms with E-state index in [2.05, 4.69) is 10.3 Å². The Bertz CT molecular complexity index is 702. The third kappa shape index (κ3) is 4.82. The second-order valence-corrected chi connectivity index (χ2v) is 5.56. The van der Waals surface area contributed by atoms with E-state index in [9.17, 15) is 18.0 Å². The average Bonchev–Trinajstić information content (AvgIpc) is 2.96. The Morgan fingerprint density at radius 2 is 2.17 bits per heavy atom. The molecule has 1 amide bonds. The maximum absolute atomic E-state index is 13.4. The van der Waals surface area contributed by atoms with Gasteiger partial charge in [-0.2, -0.15) is 8.78 Å². The number of likely N-dealkylation sites (N-methyl/N-ethyl adjacent to an activating group) is 1. The van der Waals surface area contributed by atoms with Crippen molar-refractivity contribution < 1.29 is 18.0 Å². The van der Waals surface area contributed by atoms with Crippen LogP contribution < -0.4 is 5.32 Å². The predicted molar refractivity (Wildman–Crippen MR) is 82.8 cm³/mol. The first kappa shape index (κ1) is 18.0. The molecule has 1 heterocycles. The van der Waals surface area contributed by atoms with E-state index >= 15 is 0 Å². The summed E-state index contributed by atoms with van der Waals surface area (Å²) >= 11 is 0. The summed E-state index contributed by atoms with van der Waals surface area (Å²) in [7, 11) is 1.63. The Kier molecular flexibility index (Phi) is 5.97. The number of nitrogens with zero attached hydrogens (tertiary/aromatic N) is 3. The van der Waals surface area contributed by atoms with Crippen LogP contribution in [0.2, 0.25) is 0 Å². The maximum atomic E-state index is 13.4. The molecule has 0 aliphatic carbocycles. The molecule has 1 N–H and O–H groups in total. The number of aromatic nitrogens is 2. The Balaban J connectivity index is 1.83. The van der Waals surface area contributed by atoms with E-state index < -0.39 is 6.55 Å². The average molecular weight is 340 g/mol. The molecule has 0 fully saturated rings. The van der Waals surface area contributed by atoms with E-state index in [0.29, 0.717) is 11.1 Å². The number of aryl methyl sites for hydroxylation is 1. The van der Waals surface area contributed by atoms with Crippen LogP contribution >= 0.6 is 0 Å². The highest BCUT2D eigenvalue weighted by Crippen LogP contribution is 2.13. The Morgan fingerprint density at radius 3 is 2.83 bits per heavy atom. The molecule has 8 heteroatoms. The Hall–Kier alpha value is -2.35. The second kappa shape index (κ2) is 7.96. The van der Waals surface area contributed by atoms with Gasteiger partial charge in [-0.25, -0.2) is 9.37 Å². The van der Waals surface area contributed by atoms with E-state index in [-0.39, 0.29) is 37.2 Å². The zero-order valence-corrected chi connectivity index (χ0v) is 13.5. The third-order valence-corrected chi connectivity index (χ3v) is 3.51. The molecule has 0 radical (unpaired) electrons. The van der Waals surface area contributed by atoms with Gasteiger partial charge in [-0.1, -0.05) is 12.1 Å². The van der Waals surface area contributed by atoms with Crippen LogP contribution in [0.25, 0.3) is 0 Å². The van der Waals surface area contributed by atoms with E-state index in [1.807, 2.05) is 0 Å². The summed E-state index contributed by atoms with van der Waals surface area (Å²) < 4.78 is 39.7. The fourth-order valence-corrected chi connectivity index (χ4v) is 2.19. The predicted octanol–water partition coefficient (Wildman–Crippen LogP) is 2.47. The zero-order chi connectivity index (χ0) is 17.7. The van der Waals surface area contributed by atoms with Gasteiger partial charge < -0.3 is 5.32 Å². The standard InChI is InChI=1S/C16H19F3N4O/c1-11-3-4-12(7-13(11)17)8-21-15(24)10-22(2)9-14-20-5-6-23(14)16(18)19/h3-7,16H,8-10H2,1-2H3,(H,21,24). The van der Waals surface area contributed by atoms with Gasteiger partial charge in [-0.05, 0) is 31.2 Å². The molecule has 2 aromatic rings. The van der Waals surface area contributed by atoms with E-state index in [0.717, 1.165) is 4.57 Å². The summed E-state index contributed by atoms with van der Waals surface area (Å²) in [6, 6.07) is 4.76. The summed E-state index contributed by atoms with van der Waals surface area (Å²) in [5.41, 5.74) is 1.20. The quantitative estimate of drug-likeness (QED) is 0.842. The zero-order valence-electron chi connectivity index (χ0n) is 13.5. The molecule has 0 atom stereocenters. The minimum Gasteiger partial charge on any atom is -0.351 e. The lowest BCUT2D eigenvalue weighted by atomic mass is 10.1. The smallest absolute Gasteiger partial charge is 0.319 e. The molecule has 0 bridgehead atoms. The normalized spacial score (nSPS) is 11.3. The molecular weight excluding hydrogens is 321 g/mol. The van der Waals surface area contributed by atoms with Crippen LogP contribution in [0.3, 0.4) is 0 Å². The number of nitrogens with one attached hydrogen (secondary N) is 1. The van der Waals surface area contributed by atoms with Gasteiger partial charge in [0.1, 0.15) is 11.6 Å². The minimum absolute atomic E-state index is 0.0183. The molecule has 1 aromatic heterocycles. The van der Waals surface area contributed by atoms with Crippen molar-refractivity contribution in [3.63, 3.8) is 0 Å². The van der Waals surface area contributed by atoms with Crippen LogP contribution in [0.4, 0.5) is 13.2 Å². The summed E-state index contributed by atoms with van der Waals surface area (Å²) in [6.45, 7) is -0.666. The maximum Gasteiger partial charge on any atom is 0.319 e. The first-order valence-electron chi connectivity index (χ1n) is 7.37. The minimum atomic E-state index is -2.67. The fraction of sp³-hybridized carbons (Fsp3) is 0.375. The highest BCUT2D eigenvalue weighted by atomic mass is 19.3. The second-order valence-electron chi connectivity index (χ2n) is 5.56. The SMILES string of the molecule is Cc1ccc(CNC(=O)CN(C)Cc2nccn2C(F)F)cc1F. The molecule has 1 aromatic carbocycles. The third-order valence-electron chi connectivity index (χ3n) is 3.51. The van der Waals surface area contributed by atoms with Gasteiger partial charge in [0, 0.05) is 18.9 Å². The first-order valence-corrected chi connectivity index (χ1v) is 7.37. The number of alkyl halides is 2. The lowest BCUT2D eigenvalue weighted by Gasteiger charge is -2.17. The molecule has 0 unspecified atom stereocenters. The number of benzene rings is 1. The van der Waals surface area contributed by atoms with Gasteiger partial charge >= 0.3 is 6.55 Å². The number of carbonyl (C=O) groups is 1. The van der Waals surface area contributed by atoms with Crippen LogP contribution in [0, 0.1) is 12.7 Å². The monoisotopic (exact) mass is 340 g/mol. The van der Waals surface area contributed by atoms with Crippen LogP contribution in [0.1, 0.15) is 23.5 Å². The van der Waals surface area contributed by atoms with Gasteiger partial charge in [0.2, 0.25) is 5.91 Å². The van der Waals surface area contributed by atoms with Crippen LogP contribution in [-0.4, -0.2) is 34.0 Å². The van der Waals surface area contributed by atoms with E-state index in [1.54, 1.807) is 31.0 Å². The summed E-state index contributed by atoms with van der Waals surface area (Å²) in [4.78, 5) is 17.3. The number of hydrogen-bond donors (Lipinski definition) is 1. The van der Waals surface area contributed by atoms with Crippen LogP contribution in [-0.2, 0) is 17.9 Å².